The molecule has 11 heteroatoms. The molecule has 3 nitrogen and oxygen atoms in total. The molecule has 1 aliphatic carbocycles. The molecule has 2 unspecified atom stereocenters. The summed E-state index contributed by atoms with van der Waals surface area (Å²) < 4.78 is 105. The fourth-order valence-electron chi connectivity index (χ4n) is 2.69. The van der Waals surface area contributed by atoms with Crippen LogP contribution in [-0.2, 0) is 9.71 Å². The molecule has 2 rings (SSSR count). The molecule has 0 aromatic heterocycles. The van der Waals surface area contributed by atoms with E-state index in [9.17, 15) is 40.0 Å². The lowest BCUT2D eigenvalue weighted by atomic mass is 9.87. The molecule has 0 saturated carbocycles. The summed E-state index contributed by atoms with van der Waals surface area (Å²) in [5, 5.41) is 9.41. The fraction of sp³-hybridized carbons (Fsp3) is 0.353. The maximum Gasteiger partial charge on any atom is 0.430 e. The van der Waals surface area contributed by atoms with Gasteiger partial charge in [0.1, 0.15) is 5.82 Å². The van der Waals surface area contributed by atoms with Gasteiger partial charge in [0.05, 0.1) is 9.71 Å². The van der Waals surface area contributed by atoms with Gasteiger partial charge in [-0.3, -0.25) is 0 Å². The van der Waals surface area contributed by atoms with Gasteiger partial charge in [-0.2, -0.15) is 26.3 Å². The van der Waals surface area contributed by atoms with Gasteiger partial charge in [0.2, 0.25) is 0 Å². The molecular weight excluding hydrogens is 415 g/mol. The summed E-state index contributed by atoms with van der Waals surface area (Å²) in [7, 11) is -1.97. The highest BCUT2D eigenvalue weighted by molar-refractivity contribution is 7.98. The summed E-state index contributed by atoms with van der Waals surface area (Å²) in [5.74, 6) is 2.85. The number of likely N-dealkylation sites (N-methyl/N-ethyl adjacent to an activating group) is 1. The van der Waals surface area contributed by atoms with Crippen LogP contribution in [0.4, 0.5) is 30.7 Å². The average Bonchev–Trinajstić information content (AvgIpc) is 2.58. The quantitative estimate of drug-likeness (QED) is 0.581. The number of hydrogen-bond acceptors (Lipinski definition) is 2. The van der Waals surface area contributed by atoms with Crippen LogP contribution in [0.2, 0.25) is 0 Å². The summed E-state index contributed by atoms with van der Waals surface area (Å²) in [5.41, 5.74) is -6.40. The van der Waals surface area contributed by atoms with E-state index < -0.39 is 51.5 Å². The van der Waals surface area contributed by atoms with Crippen molar-refractivity contribution in [3.05, 3.63) is 53.9 Å². The molecule has 0 aliphatic heterocycles. The molecule has 1 N–H and O–H groups in total. The van der Waals surface area contributed by atoms with E-state index in [1.807, 2.05) is 0 Å². The van der Waals surface area contributed by atoms with Crippen LogP contribution < -0.4 is 0 Å². The highest BCUT2D eigenvalue weighted by Crippen LogP contribution is 2.48. The molecule has 1 aliphatic rings. The number of nitrogens with zero attached hydrogens (tertiary/aromatic N) is 1. The van der Waals surface area contributed by atoms with Crippen LogP contribution in [0.5, 0.6) is 0 Å². The van der Waals surface area contributed by atoms with Crippen LogP contribution in [0.25, 0.3) is 0 Å². The van der Waals surface area contributed by atoms with Crippen LogP contribution in [0, 0.1) is 5.82 Å². The molecule has 1 aromatic carbocycles. The van der Waals surface area contributed by atoms with Crippen molar-refractivity contribution in [1.82, 2.24) is 4.31 Å². The van der Waals surface area contributed by atoms with Crippen molar-refractivity contribution in [2.75, 3.05) is 7.05 Å². The lowest BCUT2D eigenvalue weighted by Gasteiger charge is -2.36. The van der Waals surface area contributed by atoms with E-state index in [-0.39, 0.29) is 4.90 Å². The SMILES string of the molecule is C=S(=O)(c1cccc(F)c1)N(C)C1C=CC(C(O)(C(F)(F)F)C(F)(F)F)=CC1. The van der Waals surface area contributed by atoms with Gasteiger partial charge in [0.25, 0.3) is 5.60 Å². The summed E-state index contributed by atoms with van der Waals surface area (Å²) in [6, 6.07) is 3.84. The average molecular weight is 431 g/mol. The first kappa shape index (κ1) is 22.4. The first-order chi connectivity index (χ1) is 12.6. The van der Waals surface area contributed by atoms with Gasteiger partial charge < -0.3 is 5.11 Å². The zero-order chi connectivity index (χ0) is 21.5. The topological polar surface area (TPSA) is 40.5 Å². The van der Waals surface area contributed by atoms with Gasteiger partial charge in [-0.1, -0.05) is 24.3 Å². The standard InChI is InChI=1S/C17H16F7NO2S/c1-25(28(2,27)14-5-3-4-12(18)10-14)13-8-6-11(7-9-13)15(26,16(19,20)21)17(22,23)24/h3-8,10,13,26H,2,9H2,1H3. The summed E-state index contributed by atoms with van der Waals surface area (Å²) in [6.45, 7) is 0. The predicted octanol–water partition coefficient (Wildman–Crippen LogP) is 3.86. The van der Waals surface area contributed by atoms with Crippen molar-refractivity contribution < 1.29 is 40.0 Å². The maximum atomic E-state index is 13.4. The van der Waals surface area contributed by atoms with Crippen LogP contribution >= 0.6 is 0 Å². The lowest BCUT2D eigenvalue weighted by molar-refractivity contribution is -0.351. The Kier molecular flexibility index (Phi) is 5.77. The summed E-state index contributed by atoms with van der Waals surface area (Å²) in [6.07, 6.45) is -10.3. The van der Waals surface area contributed by atoms with Crippen molar-refractivity contribution in [3.8, 4) is 0 Å². The second-order valence-electron chi connectivity index (χ2n) is 6.17. The monoisotopic (exact) mass is 431 g/mol. The molecule has 2 atom stereocenters. The molecule has 0 heterocycles. The number of aliphatic hydroxyl groups is 1. The Hall–Kier alpha value is -1.85. The smallest absolute Gasteiger partial charge is 0.370 e. The van der Waals surface area contributed by atoms with E-state index in [1.165, 1.54) is 19.2 Å². The van der Waals surface area contributed by atoms with Crippen molar-refractivity contribution in [3.63, 3.8) is 0 Å². The van der Waals surface area contributed by atoms with Crippen molar-refractivity contribution in [1.29, 1.82) is 0 Å². The number of alkyl halides is 6. The Balaban J connectivity index is 2.32. The Morgan fingerprint density at radius 3 is 2.18 bits per heavy atom. The van der Waals surface area contributed by atoms with Gasteiger partial charge in [0.15, 0.2) is 0 Å². The minimum atomic E-state index is -5.98. The molecule has 0 amide bonds. The second-order valence-corrected chi connectivity index (χ2v) is 8.50. The molecule has 0 bridgehead atoms. The van der Waals surface area contributed by atoms with Crippen molar-refractivity contribution >= 4 is 15.6 Å². The van der Waals surface area contributed by atoms with Crippen molar-refractivity contribution in [2.45, 2.75) is 35.3 Å². The summed E-state index contributed by atoms with van der Waals surface area (Å²) in [4.78, 5) is 0.0141. The molecule has 156 valence electrons. The molecule has 0 spiro atoms. The maximum absolute atomic E-state index is 13.4. The molecule has 28 heavy (non-hydrogen) atoms. The predicted molar refractivity (Wildman–Crippen MR) is 90.4 cm³/mol. The molecule has 1 aromatic rings. The van der Waals surface area contributed by atoms with E-state index >= 15 is 0 Å². The highest BCUT2D eigenvalue weighted by atomic mass is 32.2. The van der Waals surface area contributed by atoms with Crippen molar-refractivity contribution in [2.24, 2.45) is 0 Å². The minimum Gasteiger partial charge on any atom is -0.370 e. The Morgan fingerprint density at radius 1 is 1.18 bits per heavy atom. The van der Waals surface area contributed by atoms with Crippen LogP contribution in [0.3, 0.4) is 0 Å². The third-order valence-corrected chi connectivity index (χ3v) is 6.60. The van der Waals surface area contributed by atoms with E-state index in [0.29, 0.717) is 12.2 Å². The van der Waals surface area contributed by atoms with E-state index in [0.717, 1.165) is 22.5 Å². The largest absolute Gasteiger partial charge is 0.430 e. The third-order valence-electron chi connectivity index (χ3n) is 4.41. The van der Waals surface area contributed by atoms with Gasteiger partial charge in [-0.05, 0) is 36.1 Å². The number of benzene rings is 1. The second kappa shape index (κ2) is 7.20. The fourth-order valence-corrected chi connectivity index (χ4v) is 4.20. The molecular formula is C17H16F7NO2S. The minimum absolute atomic E-state index is 0.0141. The molecule has 0 fully saturated rings. The Bertz CT molecular complexity index is 887. The third kappa shape index (κ3) is 3.83. The van der Waals surface area contributed by atoms with Gasteiger partial charge in [-0.15, -0.1) is 0 Å². The number of rotatable bonds is 4. The van der Waals surface area contributed by atoms with Gasteiger partial charge in [0, 0.05) is 18.0 Å². The zero-order valence-electron chi connectivity index (χ0n) is 14.4. The van der Waals surface area contributed by atoms with E-state index in [4.69, 9.17) is 0 Å². The molecule has 0 radical (unpaired) electrons. The van der Waals surface area contributed by atoms with Crippen LogP contribution in [-0.4, -0.2) is 50.5 Å². The van der Waals surface area contributed by atoms with Crippen LogP contribution in [0.1, 0.15) is 6.42 Å². The first-order valence-corrected chi connectivity index (χ1v) is 9.41. The normalized spacial score (nSPS) is 20.8. The zero-order valence-corrected chi connectivity index (χ0v) is 15.2. The Labute approximate surface area is 156 Å². The highest BCUT2D eigenvalue weighted by Gasteiger charge is 2.71. The first-order valence-electron chi connectivity index (χ1n) is 7.73. The van der Waals surface area contributed by atoms with Gasteiger partial charge in [-0.25, -0.2) is 12.9 Å². The van der Waals surface area contributed by atoms with Crippen LogP contribution in [0.15, 0.2) is 53.0 Å². The van der Waals surface area contributed by atoms with E-state index in [1.54, 1.807) is 0 Å². The van der Waals surface area contributed by atoms with Gasteiger partial charge >= 0.3 is 12.4 Å². The number of hydrogen-bond donors (Lipinski definition) is 1. The van der Waals surface area contributed by atoms with E-state index in [2.05, 4.69) is 5.87 Å². The molecule has 0 saturated heterocycles. The Morgan fingerprint density at radius 2 is 1.75 bits per heavy atom. The number of halogens is 7. The lowest BCUT2D eigenvalue weighted by Crippen LogP contribution is -2.58. The summed E-state index contributed by atoms with van der Waals surface area (Å²) >= 11 is 0.